The normalized spacial score (nSPS) is 19.8. The lowest BCUT2D eigenvalue weighted by Gasteiger charge is -2.23. The summed E-state index contributed by atoms with van der Waals surface area (Å²) in [6.07, 6.45) is 0.867. The molecule has 0 saturated heterocycles. The van der Waals surface area contributed by atoms with Crippen molar-refractivity contribution in [1.29, 1.82) is 0 Å². The molecule has 1 heterocycles. The SMILES string of the molecule is COc1cc2c(cc1Br)[C@H](N)CCO2. The van der Waals surface area contributed by atoms with Crippen LogP contribution in [-0.4, -0.2) is 13.7 Å². The number of methoxy groups -OCH3 is 1. The molecule has 0 spiro atoms. The van der Waals surface area contributed by atoms with Gasteiger partial charge in [0.15, 0.2) is 0 Å². The highest BCUT2D eigenvalue weighted by atomic mass is 79.9. The number of ether oxygens (including phenoxy) is 2. The highest BCUT2D eigenvalue weighted by Gasteiger charge is 2.20. The lowest BCUT2D eigenvalue weighted by atomic mass is 10.0. The first-order valence-corrected chi connectivity index (χ1v) is 5.27. The smallest absolute Gasteiger partial charge is 0.136 e. The van der Waals surface area contributed by atoms with Crippen molar-refractivity contribution in [3.8, 4) is 11.5 Å². The zero-order valence-corrected chi connectivity index (χ0v) is 9.50. The van der Waals surface area contributed by atoms with E-state index in [0.29, 0.717) is 6.61 Å². The fourth-order valence-electron chi connectivity index (χ4n) is 1.57. The van der Waals surface area contributed by atoms with Crippen LogP contribution in [0.25, 0.3) is 0 Å². The van der Waals surface area contributed by atoms with Crippen molar-refractivity contribution in [1.82, 2.24) is 0 Å². The third-order valence-electron chi connectivity index (χ3n) is 2.37. The number of hydrogen-bond acceptors (Lipinski definition) is 3. The fourth-order valence-corrected chi connectivity index (χ4v) is 2.10. The Morgan fingerprint density at radius 1 is 1.57 bits per heavy atom. The Bertz CT molecular complexity index is 354. The maximum atomic E-state index is 5.97. The predicted molar refractivity (Wildman–Crippen MR) is 57.7 cm³/mol. The summed E-state index contributed by atoms with van der Waals surface area (Å²) in [5.74, 6) is 1.61. The van der Waals surface area contributed by atoms with Gasteiger partial charge in [-0.2, -0.15) is 0 Å². The molecule has 14 heavy (non-hydrogen) atoms. The number of benzene rings is 1. The van der Waals surface area contributed by atoms with Crippen LogP contribution in [-0.2, 0) is 0 Å². The summed E-state index contributed by atoms with van der Waals surface area (Å²) in [6, 6.07) is 3.91. The molecule has 0 radical (unpaired) electrons. The van der Waals surface area contributed by atoms with Gasteiger partial charge in [-0.3, -0.25) is 0 Å². The highest BCUT2D eigenvalue weighted by molar-refractivity contribution is 9.10. The second kappa shape index (κ2) is 3.79. The molecule has 1 atom stereocenters. The van der Waals surface area contributed by atoms with Gasteiger partial charge in [-0.1, -0.05) is 0 Å². The molecule has 1 aliphatic heterocycles. The standard InChI is InChI=1S/C10H12BrNO2/c1-13-10-5-9-6(4-7(10)11)8(12)2-3-14-9/h4-5,8H,2-3,12H2,1H3/t8-/m1/s1. The number of fused-ring (bicyclic) bond motifs is 1. The molecular formula is C10H12BrNO2. The minimum absolute atomic E-state index is 0.0703. The molecule has 0 amide bonds. The van der Waals surface area contributed by atoms with Crippen LogP contribution >= 0.6 is 15.9 Å². The zero-order chi connectivity index (χ0) is 10.1. The van der Waals surface area contributed by atoms with Crippen LogP contribution in [0.5, 0.6) is 11.5 Å². The van der Waals surface area contributed by atoms with Crippen LogP contribution in [0.2, 0.25) is 0 Å². The van der Waals surface area contributed by atoms with E-state index < -0.39 is 0 Å². The molecule has 0 fully saturated rings. The first-order chi connectivity index (χ1) is 6.72. The van der Waals surface area contributed by atoms with E-state index in [1.807, 2.05) is 12.1 Å². The molecule has 0 saturated carbocycles. The molecule has 0 bridgehead atoms. The fraction of sp³-hybridized carbons (Fsp3) is 0.400. The van der Waals surface area contributed by atoms with E-state index >= 15 is 0 Å². The molecule has 0 aromatic heterocycles. The van der Waals surface area contributed by atoms with Gasteiger partial charge in [0, 0.05) is 24.1 Å². The van der Waals surface area contributed by atoms with E-state index in [1.54, 1.807) is 7.11 Å². The van der Waals surface area contributed by atoms with Crippen LogP contribution in [0.15, 0.2) is 16.6 Å². The lowest BCUT2D eigenvalue weighted by molar-refractivity contribution is 0.267. The van der Waals surface area contributed by atoms with Crippen molar-refractivity contribution in [3.63, 3.8) is 0 Å². The Morgan fingerprint density at radius 2 is 2.36 bits per heavy atom. The average Bonchev–Trinajstić information content (AvgIpc) is 2.19. The molecule has 2 N–H and O–H groups in total. The summed E-state index contributed by atoms with van der Waals surface area (Å²) >= 11 is 3.43. The topological polar surface area (TPSA) is 44.5 Å². The summed E-state index contributed by atoms with van der Waals surface area (Å²) in [5, 5.41) is 0. The van der Waals surface area contributed by atoms with Gasteiger partial charge in [-0.05, 0) is 22.0 Å². The van der Waals surface area contributed by atoms with E-state index in [1.165, 1.54) is 0 Å². The van der Waals surface area contributed by atoms with E-state index in [2.05, 4.69) is 15.9 Å². The van der Waals surface area contributed by atoms with Gasteiger partial charge in [0.1, 0.15) is 11.5 Å². The lowest BCUT2D eigenvalue weighted by Crippen LogP contribution is -2.20. The van der Waals surface area contributed by atoms with Crippen LogP contribution < -0.4 is 15.2 Å². The van der Waals surface area contributed by atoms with Gasteiger partial charge in [0.05, 0.1) is 18.2 Å². The summed E-state index contributed by atoms with van der Waals surface area (Å²) in [7, 11) is 1.63. The van der Waals surface area contributed by atoms with E-state index in [-0.39, 0.29) is 6.04 Å². The Morgan fingerprint density at radius 3 is 3.07 bits per heavy atom. The molecule has 4 heteroatoms. The molecular weight excluding hydrogens is 246 g/mol. The second-order valence-corrected chi connectivity index (χ2v) is 4.12. The van der Waals surface area contributed by atoms with Crippen molar-refractivity contribution < 1.29 is 9.47 Å². The van der Waals surface area contributed by atoms with Gasteiger partial charge >= 0.3 is 0 Å². The quantitative estimate of drug-likeness (QED) is 0.840. The second-order valence-electron chi connectivity index (χ2n) is 3.27. The van der Waals surface area contributed by atoms with Crippen molar-refractivity contribution in [2.75, 3.05) is 13.7 Å². The molecule has 76 valence electrons. The summed E-state index contributed by atoms with van der Waals surface area (Å²) in [6.45, 7) is 0.680. The maximum absolute atomic E-state index is 5.97. The first kappa shape index (κ1) is 9.80. The Labute approximate surface area is 91.3 Å². The van der Waals surface area contributed by atoms with Crippen molar-refractivity contribution in [2.45, 2.75) is 12.5 Å². The minimum Gasteiger partial charge on any atom is -0.495 e. The van der Waals surface area contributed by atoms with Gasteiger partial charge in [0.25, 0.3) is 0 Å². The van der Waals surface area contributed by atoms with Crippen LogP contribution in [0.3, 0.4) is 0 Å². The Hall–Kier alpha value is -0.740. The average molecular weight is 258 g/mol. The molecule has 1 aromatic rings. The summed E-state index contributed by atoms with van der Waals surface area (Å²) in [4.78, 5) is 0. The first-order valence-electron chi connectivity index (χ1n) is 4.48. The van der Waals surface area contributed by atoms with Crippen LogP contribution in [0, 0.1) is 0 Å². The predicted octanol–water partition coefficient (Wildman–Crippen LogP) is 2.24. The number of nitrogens with two attached hydrogens (primary N) is 1. The monoisotopic (exact) mass is 257 g/mol. The zero-order valence-electron chi connectivity index (χ0n) is 7.92. The minimum atomic E-state index is 0.0703. The molecule has 3 nitrogen and oxygen atoms in total. The third kappa shape index (κ3) is 1.60. The Balaban J connectivity index is 2.48. The van der Waals surface area contributed by atoms with Gasteiger partial charge in [-0.15, -0.1) is 0 Å². The summed E-state index contributed by atoms with van der Waals surface area (Å²) < 4.78 is 11.6. The van der Waals surface area contributed by atoms with E-state index in [4.69, 9.17) is 15.2 Å². The van der Waals surface area contributed by atoms with Gasteiger partial charge in [-0.25, -0.2) is 0 Å². The molecule has 1 aromatic carbocycles. The van der Waals surface area contributed by atoms with Gasteiger partial charge in [0.2, 0.25) is 0 Å². The highest BCUT2D eigenvalue weighted by Crippen LogP contribution is 2.38. The Kier molecular flexibility index (Phi) is 2.65. The van der Waals surface area contributed by atoms with Crippen LogP contribution in [0.4, 0.5) is 0 Å². The van der Waals surface area contributed by atoms with E-state index in [0.717, 1.165) is 28.0 Å². The van der Waals surface area contributed by atoms with E-state index in [9.17, 15) is 0 Å². The van der Waals surface area contributed by atoms with Gasteiger partial charge < -0.3 is 15.2 Å². The van der Waals surface area contributed by atoms with Crippen molar-refractivity contribution >= 4 is 15.9 Å². The molecule has 0 aliphatic carbocycles. The molecule has 1 aliphatic rings. The number of halogens is 1. The summed E-state index contributed by atoms with van der Waals surface area (Å²) in [5.41, 5.74) is 7.01. The number of rotatable bonds is 1. The maximum Gasteiger partial charge on any atom is 0.136 e. The largest absolute Gasteiger partial charge is 0.495 e. The molecule has 2 rings (SSSR count). The van der Waals surface area contributed by atoms with Crippen molar-refractivity contribution in [2.24, 2.45) is 5.73 Å². The van der Waals surface area contributed by atoms with Crippen LogP contribution in [0.1, 0.15) is 18.0 Å². The third-order valence-corrected chi connectivity index (χ3v) is 2.99. The molecule has 0 unspecified atom stereocenters. The van der Waals surface area contributed by atoms with Crippen molar-refractivity contribution in [3.05, 3.63) is 22.2 Å². The number of hydrogen-bond donors (Lipinski definition) is 1.